The lowest BCUT2D eigenvalue weighted by molar-refractivity contribution is 0.414. The minimum atomic E-state index is 0.524. The second-order valence-electron chi connectivity index (χ2n) is 5.77. The van der Waals surface area contributed by atoms with Crippen molar-refractivity contribution in [3.8, 4) is 17.2 Å². The molecule has 0 amide bonds. The average molecular weight is 313 g/mol. The van der Waals surface area contributed by atoms with E-state index in [9.17, 15) is 0 Å². The lowest BCUT2D eigenvalue weighted by Crippen LogP contribution is -2.15. The zero-order chi connectivity index (χ0) is 15.9. The molecule has 1 heterocycles. The van der Waals surface area contributed by atoms with Crippen molar-refractivity contribution in [1.82, 2.24) is 15.5 Å². The molecule has 0 unspecified atom stereocenters. The van der Waals surface area contributed by atoms with E-state index >= 15 is 0 Å². The SMILES string of the molecule is COc1cccc(-c2nnc(CNCCC3=CCCCC3)o2)c1. The van der Waals surface area contributed by atoms with Gasteiger partial charge in [-0.25, -0.2) is 0 Å². The van der Waals surface area contributed by atoms with Gasteiger partial charge < -0.3 is 14.5 Å². The number of nitrogens with zero attached hydrogens (tertiary/aromatic N) is 2. The molecule has 0 atom stereocenters. The molecule has 1 aromatic heterocycles. The molecule has 0 radical (unpaired) electrons. The molecule has 1 N–H and O–H groups in total. The van der Waals surface area contributed by atoms with Gasteiger partial charge in [-0.15, -0.1) is 10.2 Å². The first-order valence-electron chi connectivity index (χ1n) is 8.20. The minimum absolute atomic E-state index is 0.524. The highest BCUT2D eigenvalue weighted by molar-refractivity contribution is 5.55. The Morgan fingerprint density at radius 3 is 3.04 bits per heavy atom. The standard InChI is InChI=1S/C18H23N3O2/c1-22-16-9-5-8-15(12-16)18-21-20-17(23-18)13-19-11-10-14-6-3-2-4-7-14/h5-6,8-9,12,19H,2-4,7,10-11,13H2,1H3. The van der Waals surface area contributed by atoms with Crippen molar-refractivity contribution in [2.45, 2.75) is 38.6 Å². The van der Waals surface area contributed by atoms with Crippen LogP contribution in [-0.4, -0.2) is 23.9 Å². The summed E-state index contributed by atoms with van der Waals surface area (Å²) in [5, 5.41) is 11.6. The van der Waals surface area contributed by atoms with Crippen LogP contribution in [0.4, 0.5) is 0 Å². The van der Waals surface area contributed by atoms with Gasteiger partial charge in [-0.1, -0.05) is 17.7 Å². The van der Waals surface area contributed by atoms with E-state index in [4.69, 9.17) is 9.15 Å². The van der Waals surface area contributed by atoms with Crippen LogP contribution in [0.5, 0.6) is 5.75 Å². The predicted molar refractivity (Wildman–Crippen MR) is 89.2 cm³/mol. The summed E-state index contributed by atoms with van der Waals surface area (Å²) < 4.78 is 10.9. The van der Waals surface area contributed by atoms with E-state index in [1.54, 1.807) is 12.7 Å². The van der Waals surface area contributed by atoms with Gasteiger partial charge in [-0.2, -0.15) is 0 Å². The van der Waals surface area contributed by atoms with Crippen LogP contribution in [0.2, 0.25) is 0 Å². The van der Waals surface area contributed by atoms with E-state index < -0.39 is 0 Å². The van der Waals surface area contributed by atoms with Gasteiger partial charge in [0.15, 0.2) is 0 Å². The number of benzene rings is 1. The summed E-state index contributed by atoms with van der Waals surface area (Å²) in [7, 11) is 1.64. The number of rotatable bonds is 7. The van der Waals surface area contributed by atoms with Gasteiger partial charge in [0.05, 0.1) is 13.7 Å². The van der Waals surface area contributed by atoms with Crippen molar-refractivity contribution in [3.05, 3.63) is 41.8 Å². The van der Waals surface area contributed by atoms with Gasteiger partial charge >= 0.3 is 0 Å². The first kappa shape index (κ1) is 15.7. The molecular formula is C18H23N3O2. The lowest BCUT2D eigenvalue weighted by atomic mass is 9.97. The molecule has 2 aromatic rings. The molecule has 0 saturated carbocycles. The topological polar surface area (TPSA) is 60.2 Å². The van der Waals surface area contributed by atoms with Crippen LogP contribution in [0, 0.1) is 0 Å². The van der Waals surface area contributed by atoms with Crippen molar-refractivity contribution < 1.29 is 9.15 Å². The second-order valence-corrected chi connectivity index (χ2v) is 5.77. The Balaban J connectivity index is 1.50. The number of hydrogen-bond donors (Lipinski definition) is 1. The molecular weight excluding hydrogens is 290 g/mol. The lowest BCUT2D eigenvalue weighted by Gasteiger charge is -2.12. The number of ether oxygens (including phenoxy) is 1. The highest BCUT2D eigenvalue weighted by Crippen LogP contribution is 2.22. The Bertz CT molecular complexity index is 664. The fourth-order valence-corrected chi connectivity index (χ4v) is 2.77. The van der Waals surface area contributed by atoms with Gasteiger partial charge in [0.2, 0.25) is 11.8 Å². The fourth-order valence-electron chi connectivity index (χ4n) is 2.77. The van der Waals surface area contributed by atoms with E-state index in [1.807, 2.05) is 24.3 Å². The van der Waals surface area contributed by atoms with Crippen molar-refractivity contribution in [1.29, 1.82) is 0 Å². The Labute approximate surface area is 136 Å². The molecule has 1 aliphatic carbocycles. The van der Waals surface area contributed by atoms with Crippen LogP contribution in [-0.2, 0) is 6.54 Å². The quantitative estimate of drug-likeness (QED) is 0.623. The maximum absolute atomic E-state index is 5.71. The summed E-state index contributed by atoms with van der Waals surface area (Å²) in [5.74, 6) is 1.91. The van der Waals surface area contributed by atoms with E-state index in [-0.39, 0.29) is 0 Å². The van der Waals surface area contributed by atoms with Crippen LogP contribution in [0.25, 0.3) is 11.5 Å². The largest absolute Gasteiger partial charge is 0.497 e. The van der Waals surface area contributed by atoms with Crippen molar-refractivity contribution >= 4 is 0 Å². The molecule has 3 rings (SSSR count). The Morgan fingerprint density at radius 1 is 1.26 bits per heavy atom. The molecule has 1 aliphatic rings. The van der Waals surface area contributed by atoms with Gasteiger partial charge in [-0.3, -0.25) is 0 Å². The Hall–Kier alpha value is -2.14. The van der Waals surface area contributed by atoms with Gasteiger partial charge in [0, 0.05) is 5.56 Å². The van der Waals surface area contributed by atoms with Gasteiger partial charge in [-0.05, 0) is 56.8 Å². The van der Waals surface area contributed by atoms with E-state index in [1.165, 1.54) is 25.7 Å². The molecule has 122 valence electrons. The van der Waals surface area contributed by atoms with E-state index in [0.717, 1.165) is 24.3 Å². The van der Waals surface area contributed by atoms with Crippen LogP contribution in [0.1, 0.15) is 38.0 Å². The van der Waals surface area contributed by atoms with E-state index in [2.05, 4.69) is 21.6 Å². The first-order chi connectivity index (χ1) is 11.3. The zero-order valence-corrected chi connectivity index (χ0v) is 13.5. The molecule has 1 aromatic carbocycles. The summed E-state index contributed by atoms with van der Waals surface area (Å²) in [6.07, 6.45) is 8.66. The third-order valence-corrected chi connectivity index (χ3v) is 4.07. The van der Waals surface area contributed by atoms with E-state index in [0.29, 0.717) is 18.3 Å². The second kappa shape index (κ2) is 7.92. The number of aromatic nitrogens is 2. The highest BCUT2D eigenvalue weighted by Gasteiger charge is 2.09. The summed E-state index contributed by atoms with van der Waals surface area (Å²) in [6.45, 7) is 1.55. The highest BCUT2D eigenvalue weighted by atomic mass is 16.5. The minimum Gasteiger partial charge on any atom is -0.497 e. The average Bonchev–Trinajstić information content (AvgIpc) is 3.09. The smallest absolute Gasteiger partial charge is 0.247 e. The van der Waals surface area contributed by atoms with Gasteiger partial charge in [0.25, 0.3) is 0 Å². The van der Waals surface area contributed by atoms with Crippen molar-refractivity contribution in [3.63, 3.8) is 0 Å². The number of nitrogens with one attached hydrogen (secondary N) is 1. The molecule has 23 heavy (non-hydrogen) atoms. The number of hydrogen-bond acceptors (Lipinski definition) is 5. The molecule has 0 fully saturated rings. The van der Waals surface area contributed by atoms with Crippen molar-refractivity contribution in [2.24, 2.45) is 0 Å². The molecule has 5 heteroatoms. The third kappa shape index (κ3) is 4.42. The molecule has 0 spiro atoms. The first-order valence-corrected chi connectivity index (χ1v) is 8.20. The summed E-state index contributed by atoms with van der Waals surface area (Å²) in [4.78, 5) is 0. The van der Waals surface area contributed by atoms with Crippen LogP contribution in [0.15, 0.2) is 40.3 Å². The predicted octanol–water partition coefficient (Wildman–Crippen LogP) is 3.73. The van der Waals surface area contributed by atoms with Gasteiger partial charge in [0.1, 0.15) is 5.75 Å². The van der Waals surface area contributed by atoms with Crippen molar-refractivity contribution in [2.75, 3.05) is 13.7 Å². The normalized spacial score (nSPS) is 14.6. The molecule has 0 bridgehead atoms. The monoisotopic (exact) mass is 313 g/mol. The number of allylic oxidation sites excluding steroid dienone is 1. The fraction of sp³-hybridized carbons (Fsp3) is 0.444. The Morgan fingerprint density at radius 2 is 2.22 bits per heavy atom. The number of methoxy groups -OCH3 is 1. The molecule has 0 saturated heterocycles. The van der Waals surface area contributed by atoms with Crippen LogP contribution in [0.3, 0.4) is 0 Å². The summed E-state index contributed by atoms with van der Waals surface area (Å²) >= 11 is 0. The Kier molecular flexibility index (Phi) is 5.42. The maximum atomic E-state index is 5.71. The molecule has 5 nitrogen and oxygen atoms in total. The summed E-state index contributed by atoms with van der Waals surface area (Å²) in [5.41, 5.74) is 2.45. The van der Waals surface area contributed by atoms with Crippen LogP contribution >= 0.6 is 0 Å². The molecule has 0 aliphatic heterocycles. The summed E-state index contributed by atoms with van der Waals surface area (Å²) in [6, 6.07) is 7.62. The van der Waals surface area contributed by atoms with Crippen LogP contribution < -0.4 is 10.1 Å². The maximum Gasteiger partial charge on any atom is 0.247 e. The zero-order valence-electron chi connectivity index (χ0n) is 13.5. The third-order valence-electron chi connectivity index (χ3n) is 4.07.